The van der Waals surface area contributed by atoms with Crippen molar-refractivity contribution in [3.8, 4) is 11.1 Å². The van der Waals surface area contributed by atoms with Crippen LogP contribution >= 0.6 is 0 Å². The average Bonchev–Trinajstić information content (AvgIpc) is 3.02. The van der Waals surface area contributed by atoms with Gasteiger partial charge in [0, 0.05) is 11.8 Å². The molecule has 0 aliphatic heterocycles. The van der Waals surface area contributed by atoms with E-state index >= 15 is 0 Å². The van der Waals surface area contributed by atoms with E-state index in [0.29, 0.717) is 18.7 Å². The molecule has 0 aliphatic rings. The molecule has 0 amide bonds. The second kappa shape index (κ2) is 6.51. The normalized spacial score (nSPS) is 12.4. The van der Waals surface area contributed by atoms with Crippen molar-refractivity contribution in [3.05, 3.63) is 77.6 Å². The van der Waals surface area contributed by atoms with Crippen LogP contribution in [-0.4, -0.2) is 9.78 Å². The van der Waals surface area contributed by atoms with Crippen LogP contribution in [0.5, 0.6) is 0 Å². The summed E-state index contributed by atoms with van der Waals surface area (Å²) in [5.41, 5.74) is -1.80. The molecule has 8 heteroatoms. The molecule has 0 spiro atoms. The number of benzene rings is 2. The first-order chi connectivity index (χ1) is 12.1. The van der Waals surface area contributed by atoms with Gasteiger partial charge >= 0.3 is 12.4 Å². The van der Waals surface area contributed by atoms with Crippen LogP contribution in [0, 0.1) is 0 Å². The van der Waals surface area contributed by atoms with Crippen LogP contribution in [0.15, 0.2) is 60.9 Å². The molecule has 136 valence electrons. The van der Waals surface area contributed by atoms with Crippen LogP contribution in [0.1, 0.15) is 16.7 Å². The molecule has 0 N–H and O–H groups in total. The zero-order valence-corrected chi connectivity index (χ0v) is 13.1. The summed E-state index contributed by atoms with van der Waals surface area (Å²) in [7, 11) is 0. The second-order valence-corrected chi connectivity index (χ2v) is 5.71. The van der Waals surface area contributed by atoms with Gasteiger partial charge in [0.1, 0.15) is 0 Å². The minimum Gasteiger partial charge on any atom is -0.268 e. The molecule has 0 saturated carbocycles. The third kappa shape index (κ3) is 4.07. The Morgan fingerprint density at radius 2 is 1.35 bits per heavy atom. The third-order valence-electron chi connectivity index (χ3n) is 3.74. The van der Waals surface area contributed by atoms with E-state index in [-0.39, 0.29) is 17.2 Å². The van der Waals surface area contributed by atoms with Crippen molar-refractivity contribution < 1.29 is 26.3 Å². The highest BCUT2D eigenvalue weighted by Gasteiger charge is 2.37. The summed E-state index contributed by atoms with van der Waals surface area (Å²) in [6.07, 6.45) is -7.09. The first-order valence-electron chi connectivity index (χ1n) is 7.49. The maximum Gasteiger partial charge on any atom is 0.416 e. The van der Waals surface area contributed by atoms with Crippen LogP contribution in [0.2, 0.25) is 0 Å². The Hall–Kier alpha value is -2.77. The quantitative estimate of drug-likeness (QED) is 0.546. The Morgan fingerprint density at radius 1 is 0.769 bits per heavy atom. The van der Waals surface area contributed by atoms with E-state index in [2.05, 4.69) is 5.10 Å². The van der Waals surface area contributed by atoms with Crippen LogP contribution in [0.4, 0.5) is 26.3 Å². The monoisotopic (exact) mass is 370 g/mol. The summed E-state index contributed by atoms with van der Waals surface area (Å²) in [4.78, 5) is 0. The van der Waals surface area contributed by atoms with E-state index < -0.39 is 23.5 Å². The van der Waals surface area contributed by atoms with Crippen molar-refractivity contribution in [1.82, 2.24) is 9.78 Å². The first kappa shape index (κ1) is 18.0. The van der Waals surface area contributed by atoms with Gasteiger partial charge in [-0.1, -0.05) is 30.3 Å². The lowest BCUT2D eigenvalue weighted by atomic mass is 10.0. The average molecular weight is 370 g/mol. The lowest BCUT2D eigenvalue weighted by Gasteiger charge is -2.13. The number of hydrogen-bond donors (Lipinski definition) is 0. The summed E-state index contributed by atoms with van der Waals surface area (Å²) >= 11 is 0. The lowest BCUT2D eigenvalue weighted by molar-refractivity contribution is -0.143. The minimum absolute atomic E-state index is 0.109. The summed E-state index contributed by atoms with van der Waals surface area (Å²) in [6.45, 7) is 0.353. The highest BCUT2D eigenvalue weighted by molar-refractivity contribution is 5.64. The Kier molecular flexibility index (Phi) is 4.52. The Balaban J connectivity index is 1.98. The van der Waals surface area contributed by atoms with Crippen LogP contribution in [-0.2, 0) is 18.9 Å². The SMILES string of the molecule is FC(F)(F)c1cc(-c2cnn(Cc3ccccc3)c2)cc(C(F)(F)F)c1. The fourth-order valence-corrected chi connectivity index (χ4v) is 2.49. The molecule has 0 atom stereocenters. The van der Waals surface area contributed by atoms with E-state index in [4.69, 9.17) is 0 Å². The van der Waals surface area contributed by atoms with Crippen molar-refractivity contribution in [2.45, 2.75) is 18.9 Å². The summed E-state index contributed by atoms with van der Waals surface area (Å²) in [5.74, 6) is 0. The number of hydrogen-bond acceptors (Lipinski definition) is 1. The molecular formula is C18H12F6N2. The zero-order chi connectivity index (χ0) is 18.9. The second-order valence-electron chi connectivity index (χ2n) is 5.71. The van der Waals surface area contributed by atoms with Crippen molar-refractivity contribution in [3.63, 3.8) is 0 Å². The third-order valence-corrected chi connectivity index (χ3v) is 3.74. The van der Waals surface area contributed by atoms with Crippen molar-refractivity contribution in [1.29, 1.82) is 0 Å². The summed E-state index contributed by atoms with van der Waals surface area (Å²) in [6, 6.07) is 10.7. The molecule has 2 nitrogen and oxygen atoms in total. The van der Waals surface area contributed by atoms with Crippen molar-refractivity contribution >= 4 is 0 Å². The minimum atomic E-state index is -4.88. The van der Waals surface area contributed by atoms with Gasteiger partial charge in [0.05, 0.1) is 23.9 Å². The van der Waals surface area contributed by atoms with Gasteiger partial charge in [-0.3, -0.25) is 4.68 Å². The van der Waals surface area contributed by atoms with Gasteiger partial charge in [0.15, 0.2) is 0 Å². The molecule has 0 fully saturated rings. The van der Waals surface area contributed by atoms with Gasteiger partial charge < -0.3 is 0 Å². The highest BCUT2D eigenvalue weighted by Crippen LogP contribution is 2.38. The fourth-order valence-electron chi connectivity index (χ4n) is 2.49. The molecule has 0 radical (unpaired) electrons. The van der Waals surface area contributed by atoms with Crippen LogP contribution < -0.4 is 0 Å². The summed E-state index contributed by atoms with van der Waals surface area (Å²) in [5, 5.41) is 4.03. The maximum absolute atomic E-state index is 13.0. The predicted molar refractivity (Wildman–Crippen MR) is 83.2 cm³/mol. The van der Waals surface area contributed by atoms with Gasteiger partial charge in [-0.15, -0.1) is 0 Å². The molecule has 0 aliphatic carbocycles. The number of aromatic nitrogens is 2. The Morgan fingerprint density at radius 3 is 1.88 bits per heavy atom. The van der Waals surface area contributed by atoms with Crippen LogP contribution in [0.3, 0.4) is 0 Å². The van der Waals surface area contributed by atoms with Gasteiger partial charge in [-0.2, -0.15) is 31.4 Å². The van der Waals surface area contributed by atoms with Crippen LogP contribution in [0.25, 0.3) is 11.1 Å². The van der Waals surface area contributed by atoms with E-state index in [9.17, 15) is 26.3 Å². The molecule has 26 heavy (non-hydrogen) atoms. The number of alkyl halides is 6. The molecule has 0 saturated heterocycles. The molecule has 0 unspecified atom stereocenters. The largest absolute Gasteiger partial charge is 0.416 e. The number of nitrogens with zero attached hydrogens (tertiary/aromatic N) is 2. The molecular weight excluding hydrogens is 358 g/mol. The zero-order valence-electron chi connectivity index (χ0n) is 13.1. The smallest absolute Gasteiger partial charge is 0.268 e. The number of rotatable bonds is 3. The van der Waals surface area contributed by atoms with Gasteiger partial charge in [-0.25, -0.2) is 0 Å². The maximum atomic E-state index is 13.0. The lowest BCUT2D eigenvalue weighted by Crippen LogP contribution is -2.11. The fraction of sp³-hybridized carbons (Fsp3) is 0.167. The van der Waals surface area contributed by atoms with E-state index in [1.807, 2.05) is 30.3 Å². The van der Waals surface area contributed by atoms with Gasteiger partial charge in [0.2, 0.25) is 0 Å². The van der Waals surface area contributed by atoms with Crippen molar-refractivity contribution in [2.75, 3.05) is 0 Å². The molecule has 1 aromatic heterocycles. The molecule has 2 aromatic carbocycles. The molecule has 3 rings (SSSR count). The standard InChI is InChI=1S/C18H12F6N2/c19-17(20,21)15-6-13(7-16(8-15)18(22,23)24)14-9-25-26(11-14)10-12-4-2-1-3-5-12/h1-9,11H,10H2. The van der Waals surface area contributed by atoms with E-state index in [0.717, 1.165) is 5.56 Å². The predicted octanol–water partition coefficient (Wildman–Crippen LogP) is 5.64. The molecule has 3 aromatic rings. The van der Waals surface area contributed by atoms with Crippen molar-refractivity contribution in [2.24, 2.45) is 0 Å². The highest BCUT2D eigenvalue weighted by atomic mass is 19.4. The topological polar surface area (TPSA) is 17.8 Å². The first-order valence-corrected chi connectivity index (χ1v) is 7.49. The Bertz CT molecular complexity index is 862. The van der Waals surface area contributed by atoms with Gasteiger partial charge in [-0.05, 0) is 29.3 Å². The Labute approximate surface area is 144 Å². The molecule has 1 heterocycles. The number of halogens is 6. The van der Waals surface area contributed by atoms with E-state index in [1.54, 1.807) is 0 Å². The molecule has 0 bridgehead atoms. The summed E-state index contributed by atoms with van der Waals surface area (Å²) < 4.78 is 79.2. The van der Waals surface area contributed by atoms with E-state index in [1.165, 1.54) is 17.1 Å². The van der Waals surface area contributed by atoms with Gasteiger partial charge in [0.25, 0.3) is 0 Å².